The molecule has 7 nitrogen and oxygen atoms in total. The number of nitrogens with one attached hydrogen (secondary N) is 1. The fourth-order valence-corrected chi connectivity index (χ4v) is 5.33. The lowest BCUT2D eigenvalue weighted by Gasteiger charge is -2.25. The maximum absolute atomic E-state index is 13.3. The van der Waals surface area contributed by atoms with E-state index >= 15 is 0 Å². The van der Waals surface area contributed by atoms with Crippen molar-refractivity contribution in [3.05, 3.63) is 65.2 Å². The average molecular weight is 534 g/mol. The van der Waals surface area contributed by atoms with E-state index in [4.69, 9.17) is 0 Å². The third kappa shape index (κ3) is 7.48. The maximum atomic E-state index is 13.3. The molecule has 0 unspecified atom stereocenters. The number of aryl methyl sites for hydroxylation is 2. The topological polar surface area (TPSA) is 81.6 Å². The summed E-state index contributed by atoms with van der Waals surface area (Å²) in [6.07, 6.45) is 2.14. The normalized spacial score (nSPS) is 14.8. The van der Waals surface area contributed by atoms with Crippen LogP contribution in [0.5, 0.6) is 5.88 Å². The minimum atomic E-state index is -0.0950. The Morgan fingerprint density at radius 3 is 2.47 bits per heavy atom. The van der Waals surface area contributed by atoms with Crippen molar-refractivity contribution in [2.24, 2.45) is 5.41 Å². The van der Waals surface area contributed by atoms with Gasteiger partial charge in [-0.3, -0.25) is 9.52 Å². The Balaban J connectivity index is 1.40. The summed E-state index contributed by atoms with van der Waals surface area (Å²) in [5.74, 6) is 0.283. The Hall–Kier alpha value is -3.10. The van der Waals surface area contributed by atoms with Crippen LogP contribution in [0.3, 0.4) is 0 Å². The van der Waals surface area contributed by atoms with Gasteiger partial charge in [0.1, 0.15) is 0 Å². The van der Waals surface area contributed by atoms with E-state index in [9.17, 15) is 9.90 Å². The number of nitrogens with zero attached hydrogens (tertiary/aromatic N) is 4. The Bertz CT molecular complexity index is 1250. The number of carbonyl (C=O) groups excluding carboxylic acids is 1. The highest BCUT2D eigenvalue weighted by Gasteiger charge is 2.22. The van der Waals surface area contributed by atoms with Gasteiger partial charge in [0.15, 0.2) is 0 Å². The molecule has 0 spiro atoms. The molecule has 38 heavy (non-hydrogen) atoms. The molecule has 1 fully saturated rings. The van der Waals surface area contributed by atoms with Crippen LogP contribution in [0, 0.1) is 19.3 Å². The number of anilines is 1. The van der Waals surface area contributed by atoms with Crippen LogP contribution in [0.25, 0.3) is 11.3 Å². The van der Waals surface area contributed by atoms with Crippen LogP contribution in [-0.2, 0) is 0 Å². The van der Waals surface area contributed by atoms with Crippen LogP contribution in [-0.4, -0.2) is 63.5 Å². The van der Waals surface area contributed by atoms with Gasteiger partial charge in [-0.15, -0.1) is 0 Å². The summed E-state index contributed by atoms with van der Waals surface area (Å²) < 4.78 is 3.14. The van der Waals surface area contributed by atoms with Crippen LogP contribution in [0.1, 0.15) is 55.1 Å². The lowest BCUT2D eigenvalue weighted by atomic mass is 9.92. The molecule has 8 heteroatoms. The van der Waals surface area contributed by atoms with Gasteiger partial charge in [-0.2, -0.15) is 4.98 Å². The zero-order valence-corrected chi connectivity index (χ0v) is 23.9. The van der Waals surface area contributed by atoms with Crippen molar-refractivity contribution in [1.82, 2.24) is 19.8 Å². The first-order valence-corrected chi connectivity index (χ1v) is 14.1. The van der Waals surface area contributed by atoms with E-state index in [1.165, 1.54) is 11.9 Å². The Morgan fingerprint density at radius 1 is 1.00 bits per heavy atom. The van der Waals surface area contributed by atoms with Crippen LogP contribution in [0.4, 0.5) is 5.95 Å². The van der Waals surface area contributed by atoms with Crippen LogP contribution >= 0.6 is 11.9 Å². The van der Waals surface area contributed by atoms with E-state index in [0.29, 0.717) is 22.6 Å². The summed E-state index contributed by atoms with van der Waals surface area (Å²) in [6, 6.07) is 15.3. The van der Waals surface area contributed by atoms with E-state index in [-0.39, 0.29) is 11.8 Å². The van der Waals surface area contributed by atoms with Crippen molar-refractivity contribution < 1.29 is 9.90 Å². The van der Waals surface area contributed by atoms with E-state index in [1.807, 2.05) is 61.2 Å². The first-order valence-electron chi connectivity index (χ1n) is 13.3. The second-order valence-corrected chi connectivity index (χ2v) is 12.1. The van der Waals surface area contributed by atoms with Gasteiger partial charge in [-0.05, 0) is 86.5 Å². The number of hydrogen-bond donors (Lipinski definition) is 2. The molecule has 1 aromatic heterocycles. The fourth-order valence-electron chi connectivity index (χ4n) is 4.70. The molecule has 0 saturated carbocycles. The van der Waals surface area contributed by atoms with Crippen molar-refractivity contribution in [3.8, 4) is 17.1 Å². The van der Waals surface area contributed by atoms with Gasteiger partial charge in [-0.25, -0.2) is 4.98 Å². The molecule has 1 saturated heterocycles. The Labute approximate surface area is 230 Å². The van der Waals surface area contributed by atoms with Crippen LogP contribution < -0.4 is 4.72 Å². The van der Waals surface area contributed by atoms with Crippen molar-refractivity contribution in [2.75, 3.05) is 37.4 Å². The molecule has 1 aliphatic rings. The second-order valence-electron chi connectivity index (χ2n) is 11.2. The van der Waals surface area contributed by atoms with E-state index < -0.39 is 0 Å². The van der Waals surface area contributed by atoms with Crippen molar-refractivity contribution in [3.63, 3.8) is 0 Å². The van der Waals surface area contributed by atoms with Gasteiger partial charge < -0.3 is 14.9 Å². The quantitative estimate of drug-likeness (QED) is 0.352. The molecule has 1 aliphatic heterocycles. The number of rotatable bonds is 7. The van der Waals surface area contributed by atoms with E-state index in [0.717, 1.165) is 67.2 Å². The van der Waals surface area contributed by atoms with E-state index in [2.05, 4.69) is 40.4 Å². The standard InChI is InChI=1S/C30H39N5O2S/c1-21-9-6-10-22(2)27(21)25-20-26(36)32-29(31-25)33-38-24-12-7-11-23(19-24)28(37)35-15-8-14-34(17-18-35)16-13-30(3,4)5/h6-7,9-12,19-20H,8,13-18H2,1-5H3,(H2,31,32,33,36). The summed E-state index contributed by atoms with van der Waals surface area (Å²) in [4.78, 5) is 27.4. The van der Waals surface area contributed by atoms with Crippen molar-refractivity contribution in [2.45, 2.75) is 52.4 Å². The van der Waals surface area contributed by atoms with Crippen molar-refractivity contribution in [1.29, 1.82) is 0 Å². The highest BCUT2D eigenvalue weighted by Crippen LogP contribution is 2.30. The molecule has 202 valence electrons. The van der Waals surface area contributed by atoms with Gasteiger partial charge in [-0.1, -0.05) is 45.0 Å². The third-order valence-corrected chi connectivity index (χ3v) is 7.62. The zero-order valence-electron chi connectivity index (χ0n) is 23.1. The number of aromatic nitrogens is 2. The number of benzene rings is 2. The number of amides is 1. The molecule has 4 rings (SSSR count). The van der Waals surface area contributed by atoms with Gasteiger partial charge >= 0.3 is 0 Å². The lowest BCUT2D eigenvalue weighted by Crippen LogP contribution is -2.36. The molecular formula is C30H39N5O2S. The van der Waals surface area contributed by atoms with Crippen molar-refractivity contribution >= 4 is 23.8 Å². The third-order valence-electron chi connectivity index (χ3n) is 6.84. The number of aromatic hydroxyl groups is 1. The molecule has 1 amide bonds. The predicted molar refractivity (Wildman–Crippen MR) is 156 cm³/mol. The average Bonchev–Trinajstić information content (AvgIpc) is 3.11. The highest BCUT2D eigenvalue weighted by molar-refractivity contribution is 8.00. The SMILES string of the molecule is Cc1cccc(C)c1-c1cc(O)nc(NSc2cccc(C(=O)N3CCCN(CCC(C)(C)C)CC3)c2)n1. The minimum absolute atomic E-state index is 0.0658. The molecule has 2 heterocycles. The zero-order chi connectivity index (χ0) is 27.3. The van der Waals surface area contributed by atoms with Gasteiger partial charge in [0.2, 0.25) is 11.8 Å². The van der Waals surface area contributed by atoms with E-state index in [1.54, 1.807) is 6.07 Å². The van der Waals surface area contributed by atoms with Crippen LogP contribution in [0.15, 0.2) is 53.4 Å². The molecular weight excluding hydrogens is 494 g/mol. The monoisotopic (exact) mass is 533 g/mol. The highest BCUT2D eigenvalue weighted by atomic mass is 32.2. The van der Waals surface area contributed by atoms with Gasteiger partial charge in [0, 0.05) is 41.7 Å². The Kier molecular flexibility index (Phi) is 8.95. The predicted octanol–water partition coefficient (Wildman–Crippen LogP) is 6.17. The fraction of sp³-hybridized carbons (Fsp3) is 0.433. The summed E-state index contributed by atoms with van der Waals surface area (Å²) in [6.45, 7) is 15.4. The number of hydrogen-bond acceptors (Lipinski definition) is 7. The molecule has 3 aromatic rings. The second kappa shape index (κ2) is 12.2. The molecule has 2 N–H and O–H groups in total. The van der Waals surface area contributed by atoms with Gasteiger partial charge in [0.25, 0.3) is 5.91 Å². The first kappa shape index (κ1) is 27.9. The summed E-state index contributed by atoms with van der Waals surface area (Å²) >= 11 is 1.32. The smallest absolute Gasteiger partial charge is 0.253 e. The molecule has 0 bridgehead atoms. The summed E-state index contributed by atoms with van der Waals surface area (Å²) in [7, 11) is 0. The largest absolute Gasteiger partial charge is 0.493 e. The lowest BCUT2D eigenvalue weighted by molar-refractivity contribution is 0.0760. The minimum Gasteiger partial charge on any atom is -0.493 e. The summed E-state index contributed by atoms with van der Waals surface area (Å²) in [5, 5.41) is 10.3. The molecule has 0 radical (unpaired) electrons. The van der Waals surface area contributed by atoms with Gasteiger partial charge in [0.05, 0.1) is 5.69 Å². The molecule has 0 aliphatic carbocycles. The van der Waals surface area contributed by atoms with Crippen LogP contribution in [0.2, 0.25) is 0 Å². The first-order chi connectivity index (χ1) is 18.1. The molecule has 2 aromatic carbocycles. The summed E-state index contributed by atoms with van der Waals surface area (Å²) in [5.41, 5.74) is 4.81. The maximum Gasteiger partial charge on any atom is 0.253 e. The Morgan fingerprint density at radius 2 is 1.74 bits per heavy atom. The number of carbonyl (C=O) groups is 1. The molecule has 0 atom stereocenters.